The summed E-state index contributed by atoms with van der Waals surface area (Å²) in [6, 6.07) is 153. The molecule has 0 unspecified atom stereocenters. The average molecular weight is 1750 g/mol. The third-order valence-electron chi connectivity index (χ3n) is 26.7. The highest BCUT2D eigenvalue weighted by molar-refractivity contribution is 6.24. The minimum Gasteiger partial charge on any atom is -0.311 e. The van der Waals surface area contributed by atoms with E-state index in [0.29, 0.717) is 5.78 Å². The van der Waals surface area contributed by atoms with Crippen LogP contribution in [-0.2, 0) is 0 Å². The highest BCUT2D eigenvalue weighted by atomic mass is 15.1. The lowest BCUT2D eigenvalue weighted by molar-refractivity contribution is 1.11. The van der Waals surface area contributed by atoms with Gasteiger partial charge in [0.15, 0.2) is 0 Å². The average Bonchev–Trinajstić information content (AvgIpc) is 1.74. The van der Waals surface area contributed by atoms with Gasteiger partial charge in [-0.05, 0) is 236 Å². The number of nitrogens with zero attached hydrogens (tertiary/aromatic N) is 11. The molecule has 0 fully saturated rings. The maximum Gasteiger partial charge on any atom is 0.234 e. The summed E-state index contributed by atoms with van der Waals surface area (Å²) < 4.78 is 4.30. The number of aromatic nitrogens is 10. The molecular formula is C126H81N11. The second-order valence-electron chi connectivity index (χ2n) is 34.5. The van der Waals surface area contributed by atoms with E-state index in [1.807, 2.05) is 96.4 Å². The minimum absolute atomic E-state index is 0.702. The van der Waals surface area contributed by atoms with Crippen LogP contribution in [0, 0.1) is 0 Å². The van der Waals surface area contributed by atoms with Crippen LogP contribution in [0.3, 0.4) is 0 Å². The second kappa shape index (κ2) is 34.6. The summed E-state index contributed by atoms with van der Waals surface area (Å²) in [7, 11) is 0. The smallest absolute Gasteiger partial charge is 0.234 e. The van der Waals surface area contributed by atoms with Crippen molar-refractivity contribution in [2.24, 2.45) is 0 Å². The lowest BCUT2D eigenvalue weighted by Crippen LogP contribution is -2.09. The molecule has 0 bridgehead atoms. The number of imidazole rings is 1. The molecule has 0 aliphatic rings. The zero-order valence-corrected chi connectivity index (χ0v) is 74.2. The number of rotatable bonds is 10. The third kappa shape index (κ3) is 14.7. The minimum atomic E-state index is 0.702. The summed E-state index contributed by atoms with van der Waals surface area (Å²) in [5.41, 5.74) is 24.0. The first kappa shape index (κ1) is 80.5. The zero-order valence-electron chi connectivity index (χ0n) is 74.2. The molecule has 0 spiro atoms. The van der Waals surface area contributed by atoms with Crippen LogP contribution in [0.15, 0.2) is 493 Å². The maximum atomic E-state index is 4.84. The largest absolute Gasteiger partial charge is 0.311 e. The van der Waals surface area contributed by atoms with E-state index in [9.17, 15) is 0 Å². The van der Waals surface area contributed by atoms with E-state index in [4.69, 9.17) is 24.9 Å². The van der Waals surface area contributed by atoms with E-state index < -0.39 is 0 Å². The van der Waals surface area contributed by atoms with E-state index in [1.165, 1.54) is 130 Å². The number of fused-ring (bicyclic) bond motifs is 24. The number of hydrogen-bond acceptors (Lipinski definition) is 9. The lowest BCUT2D eigenvalue weighted by atomic mass is 9.93. The zero-order chi connectivity index (χ0) is 90.6. The van der Waals surface area contributed by atoms with Crippen molar-refractivity contribution >= 4 is 174 Å². The Morgan fingerprint density at radius 3 is 0.964 bits per heavy atom. The molecule has 28 aromatic rings. The van der Waals surface area contributed by atoms with Crippen LogP contribution in [0.4, 0.5) is 17.1 Å². The molecule has 0 radical (unpaired) electrons. The molecule has 11 heteroatoms. The van der Waals surface area contributed by atoms with Crippen molar-refractivity contribution < 1.29 is 0 Å². The molecule has 0 amide bonds. The molecule has 0 aliphatic heterocycles. The molecule has 137 heavy (non-hydrogen) atoms. The van der Waals surface area contributed by atoms with Gasteiger partial charge in [0.05, 0.1) is 44.5 Å². The summed E-state index contributed by atoms with van der Waals surface area (Å²) in [4.78, 5) is 39.3. The van der Waals surface area contributed by atoms with Gasteiger partial charge in [-0.2, -0.15) is 0 Å². The van der Waals surface area contributed by atoms with Gasteiger partial charge >= 0.3 is 0 Å². The standard InChI is InChI=1S/C35H22N2.C35H24N2.C29H18N4.C27H17N3/c1-2-9-26-23(8-1)17-20-27-30-12-7-21-36-35(30)31(22-32(26)27)24-15-18-25(19-16-24)37-33-13-5-3-10-28(33)29-11-4-6-14-34(29)37;1-3-11-27(12-4-1)37(28-13-5-2-6-14-28)29-20-17-26(18-21-29)33-24-34-30-15-8-7-10-25(30)19-22-31(34)32-16-9-23-36-35(32)33;1-2-6-22-19(5-1)12-13-23-24-7-3-14-30-28(24)25(17-26(22)23)20-8-10-21(11-9-20)27-18-33-16-4-15-31-29(33)32-27;1-2-7-21-18(5-1)9-11-22-23-8-4-14-29-27(23)24(15-25(21)22)19-10-12-26(30-17-19)20-6-3-13-28-16-20/h1-22H;1-24H;1-18H;1-17H. The molecule has 0 N–H and O–H groups in total. The van der Waals surface area contributed by atoms with Gasteiger partial charge in [0.2, 0.25) is 5.78 Å². The van der Waals surface area contributed by atoms with Gasteiger partial charge in [0.25, 0.3) is 0 Å². The Balaban J connectivity index is 0.0000000973. The fourth-order valence-electron chi connectivity index (χ4n) is 20.2. The van der Waals surface area contributed by atoms with Gasteiger partial charge in [0.1, 0.15) is 0 Å². The van der Waals surface area contributed by atoms with E-state index >= 15 is 0 Å². The van der Waals surface area contributed by atoms with Gasteiger partial charge in [-0.15, -0.1) is 0 Å². The van der Waals surface area contributed by atoms with Crippen LogP contribution >= 0.6 is 0 Å². The molecule has 28 rings (SSSR count). The van der Waals surface area contributed by atoms with Crippen molar-refractivity contribution in [2.45, 2.75) is 0 Å². The van der Waals surface area contributed by atoms with E-state index in [2.05, 4.69) is 413 Å². The van der Waals surface area contributed by atoms with E-state index in [0.717, 1.165) is 112 Å². The Morgan fingerprint density at radius 1 is 0.204 bits per heavy atom. The topological polar surface area (TPSA) is 116 Å². The summed E-state index contributed by atoms with van der Waals surface area (Å²) in [5.74, 6) is 0.702. The highest BCUT2D eigenvalue weighted by Gasteiger charge is 2.22. The first-order valence-corrected chi connectivity index (χ1v) is 46.1. The first-order chi connectivity index (χ1) is 68.0. The van der Waals surface area contributed by atoms with Gasteiger partial charge in [0, 0.05) is 156 Å². The number of anilines is 3. The highest BCUT2D eigenvalue weighted by Crippen LogP contribution is 2.46. The Hall–Kier alpha value is -18.6. The Labute approximate surface area is 788 Å². The van der Waals surface area contributed by atoms with Crippen LogP contribution in [0.2, 0.25) is 0 Å². The van der Waals surface area contributed by atoms with Crippen molar-refractivity contribution in [3.05, 3.63) is 493 Å². The fourth-order valence-corrected chi connectivity index (χ4v) is 20.2. The second-order valence-corrected chi connectivity index (χ2v) is 34.5. The van der Waals surface area contributed by atoms with Crippen molar-refractivity contribution in [3.8, 4) is 72.7 Å². The normalized spacial score (nSPS) is 11.5. The molecule has 11 nitrogen and oxygen atoms in total. The van der Waals surface area contributed by atoms with Crippen LogP contribution in [0.5, 0.6) is 0 Å². The fraction of sp³-hybridized carbons (Fsp3) is 0. The molecule has 0 atom stereocenters. The molecule has 0 saturated carbocycles. The number of para-hydroxylation sites is 4. The van der Waals surface area contributed by atoms with Crippen molar-refractivity contribution in [3.63, 3.8) is 0 Å². The Bertz CT molecular complexity index is 9400. The SMILES string of the molecule is c1ccc(N(c2ccccc2)c2ccc(-c3cc4c5ccccc5ccc4c4cccnc34)cc2)cc1.c1ccc2c(c1)ccc1c3cccnc3c(-c3ccc(-c4cn5cccnc5n4)cc3)cc21.c1ccc2c(c1)ccc1c3cccnc3c(-c3ccc(-n4c5ccccc5c5ccccc54)cc3)cc21.c1cncc(-c2ccc(-c3cc4c5ccccc5ccc4c4cccnc34)cn2)c1. The predicted octanol–water partition coefficient (Wildman–Crippen LogP) is 32.6. The molecule has 0 saturated heterocycles. The quantitative estimate of drug-likeness (QED) is 0.123. The number of benzene rings is 19. The maximum absolute atomic E-state index is 4.84. The first-order valence-electron chi connectivity index (χ1n) is 46.1. The van der Waals surface area contributed by atoms with Gasteiger partial charge in [-0.25, -0.2) is 9.97 Å². The van der Waals surface area contributed by atoms with E-state index in [-0.39, 0.29) is 0 Å². The molecular weight excluding hydrogens is 1670 g/mol. The Kier molecular flexibility index (Phi) is 20.3. The van der Waals surface area contributed by atoms with Gasteiger partial charge in [-0.3, -0.25) is 34.3 Å². The summed E-state index contributed by atoms with van der Waals surface area (Å²) >= 11 is 0. The lowest BCUT2D eigenvalue weighted by Gasteiger charge is -2.25. The van der Waals surface area contributed by atoms with E-state index in [1.54, 1.807) is 12.4 Å². The van der Waals surface area contributed by atoms with Crippen LogP contribution in [-0.4, -0.2) is 48.8 Å². The Morgan fingerprint density at radius 2 is 0.555 bits per heavy atom. The van der Waals surface area contributed by atoms with Crippen LogP contribution in [0.25, 0.3) is 230 Å². The number of pyridine rings is 6. The molecule has 9 heterocycles. The van der Waals surface area contributed by atoms with Crippen molar-refractivity contribution in [1.29, 1.82) is 0 Å². The molecule has 9 aromatic heterocycles. The molecule has 640 valence electrons. The van der Waals surface area contributed by atoms with Gasteiger partial charge in [-0.1, -0.05) is 297 Å². The monoisotopic (exact) mass is 1750 g/mol. The molecule has 0 aliphatic carbocycles. The van der Waals surface area contributed by atoms with Crippen LogP contribution in [0.1, 0.15) is 0 Å². The molecule has 19 aromatic carbocycles. The summed E-state index contributed by atoms with van der Waals surface area (Å²) in [6.07, 6.45) is 18.8. The van der Waals surface area contributed by atoms with Gasteiger partial charge < -0.3 is 9.47 Å². The van der Waals surface area contributed by atoms with Crippen LogP contribution < -0.4 is 4.90 Å². The third-order valence-corrected chi connectivity index (χ3v) is 26.7. The summed E-state index contributed by atoms with van der Waals surface area (Å²) in [5, 5.41) is 27.2. The predicted molar refractivity (Wildman–Crippen MR) is 571 cm³/mol. The van der Waals surface area contributed by atoms with Crippen molar-refractivity contribution in [1.82, 2.24) is 48.8 Å². The number of hydrogen-bond donors (Lipinski definition) is 0. The summed E-state index contributed by atoms with van der Waals surface area (Å²) in [6.45, 7) is 0. The van der Waals surface area contributed by atoms with Crippen molar-refractivity contribution in [2.75, 3.05) is 4.90 Å².